The van der Waals surface area contributed by atoms with Crippen molar-refractivity contribution in [3.8, 4) is 17.1 Å². The van der Waals surface area contributed by atoms with Gasteiger partial charge in [-0.25, -0.2) is 19.7 Å². The number of benzene rings is 2. The van der Waals surface area contributed by atoms with E-state index in [2.05, 4.69) is 15.3 Å². The fourth-order valence-corrected chi connectivity index (χ4v) is 4.88. The summed E-state index contributed by atoms with van der Waals surface area (Å²) < 4.78 is 8.03. The quantitative estimate of drug-likeness (QED) is 0.196. The average Bonchev–Trinajstić information content (AvgIpc) is 3.25. The number of anilines is 1. The lowest BCUT2D eigenvalue weighted by atomic mass is 9.83. The maximum atomic E-state index is 11.9. The SMILES string of the molecule is Cc1ccc(OCCCO)c(-c2nc3nc(C(=O)O)nc(NCCC4CCC4)c3n2Cc2ccc(Cl)cc2)c1. The summed E-state index contributed by atoms with van der Waals surface area (Å²) in [6, 6.07) is 13.4. The second kappa shape index (κ2) is 12.0. The van der Waals surface area contributed by atoms with Gasteiger partial charge in [0.25, 0.3) is 0 Å². The van der Waals surface area contributed by atoms with Crippen LogP contribution in [0.5, 0.6) is 5.75 Å². The van der Waals surface area contributed by atoms with Gasteiger partial charge in [0.05, 0.1) is 12.2 Å². The van der Waals surface area contributed by atoms with Gasteiger partial charge in [-0.05, 0) is 49.1 Å². The molecule has 0 unspecified atom stereocenters. The number of nitrogens with zero attached hydrogens (tertiary/aromatic N) is 4. The van der Waals surface area contributed by atoms with Crippen molar-refractivity contribution in [1.29, 1.82) is 0 Å². The number of aryl methyl sites for hydroxylation is 1. The summed E-state index contributed by atoms with van der Waals surface area (Å²) in [5, 5.41) is 23.0. The Hall–Kier alpha value is -3.69. The molecule has 9 nitrogen and oxygen atoms in total. The van der Waals surface area contributed by atoms with Crippen LogP contribution in [0.15, 0.2) is 42.5 Å². The van der Waals surface area contributed by atoms with Crippen LogP contribution >= 0.6 is 11.6 Å². The highest BCUT2D eigenvalue weighted by molar-refractivity contribution is 6.30. The molecule has 0 amide bonds. The molecule has 1 aliphatic rings. The van der Waals surface area contributed by atoms with E-state index in [-0.39, 0.29) is 12.4 Å². The van der Waals surface area contributed by atoms with Crippen molar-refractivity contribution in [2.75, 3.05) is 25.1 Å². The zero-order valence-corrected chi connectivity index (χ0v) is 22.6. The van der Waals surface area contributed by atoms with E-state index in [9.17, 15) is 15.0 Å². The third-order valence-electron chi connectivity index (χ3n) is 7.05. The molecule has 0 radical (unpaired) electrons. The monoisotopic (exact) mass is 549 g/mol. The summed E-state index contributed by atoms with van der Waals surface area (Å²) in [5.74, 6) is 0.819. The minimum Gasteiger partial charge on any atom is -0.493 e. The number of halogens is 1. The molecule has 0 aliphatic heterocycles. The smallest absolute Gasteiger partial charge is 0.374 e. The lowest BCUT2D eigenvalue weighted by Crippen LogP contribution is -2.17. The Morgan fingerprint density at radius 1 is 1.15 bits per heavy atom. The van der Waals surface area contributed by atoms with Crippen LogP contribution in [0.3, 0.4) is 0 Å². The predicted molar refractivity (Wildman–Crippen MR) is 151 cm³/mol. The van der Waals surface area contributed by atoms with E-state index in [1.807, 2.05) is 54.0 Å². The van der Waals surface area contributed by atoms with Gasteiger partial charge < -0.3 is 24.8 Å². The van der Waals surface area contributed by atoms with Gasteiger partial charge in [0.1, 0.15) is 17.1 Å². The second-order valence-electron chi connectivity index (χ2n) is 9.96. The number of fused-ring (bicyclic) bond motifs is 1. The number of aromatic nitrogens is 4. The number of rotatable bonds is 12. The third-order valence-corrected chi connectivity index (χ3v) is 7.31. The van der Waals surface area contributed by atoms with E-state index in [1.54, 1.807) is 0 Å². The van der Waals surface area contributed by atoms with Crippen molar-refractivity contribution in [3.05, 3.63) is 64.4 Å². The molecule has 1 saturated carbocycles. The average molecular weight is 550 g/mol. The Kier molecular flexibility index (Phi) is 8.28. The fourth-order valence-electron chi connectivity index (χ4n) is 4.75. The molecule has 39 heavy (non-hydrogen) atoms. The van der Waals surface area contributed by atoms with Gasteiger partial charge >= 0.3 is 5.97 Å². The molecule has 10 heteroatoms. The van der Waals surface area contributed by atoms with Gasteiger partial charge in [-0.3, -0.25) is 0 Å². The molecule has 2 aromatic carbocycles. The molecule has 0 saturated heterocycles. The Labute approximate surface area is 231 Å². The molecule has 1 fully saturated rings. The van der Waals surface area contributed by atoms with Crippen molar-refractivity contribution in [1.82, 2.24) is 19.5 Å². The number of nitrogens with one attached hydrogen (secondary N) is 1. The van der Waals surface area contributed by atoms with Gasteiger partial charge in [-0.1, -0.05) is 54.6 Å². The van der Waals surface area contributed by atoms with Crippen LogP contribution in [0.2, 0.25) is 5.02 Å². The summed E-state index contributed by atoms with van der Waals surface area (Å²) in [6.07, 6.45) is 5.21. The largest absolute Gasteiger partial charge is 0.493 e. The minimum atomic E-state index is -1.21. The summed E-state index contributed by atoms with van der Waals surface area (Å²) in [6.45, 7) is 3.47. The Morgan fingerprint density at radius 2 is 1.95 bits per heavy atom. The van der Waals surface area contributed by atoms with Gasteiger partial charge in [0.2, 0.25) is 5.82 Å². The first-order valence-electron chi connectivity index (χ1n) is 13.3. The standard InChI is InChI=1S/C29H32ClN5O4/c1-18-6-11-23(39-15-3-14-36)22(16-18)28-34-26-24(35(28)17-20-7-9-21(30)10-8-20)25(32-27(33-26)29(37)38)31-13-12-19-4-2-5-19/h6-11,16,19,36H,2-5,12-15,17H2,1H3,(H,37,38)(H,31,32,33). The van der Waals surface area contributed by atoms with Crippen LogP contribution in [0.4, 0.5) is 5.82 Å². The molecule has 204 valence electrons. The molecule has 2 heterocycles. The highest BCUT2D eigenvalue weighted by Crippen LogP contribution is 2.36. The molecule has 0 spiro atoms. The Bertz CT molecular complexity index is 1470. The summed E-state index contributed by atoms with van der Waals surface area (Å²) >= 11 is 6.15. The van der Waals surface area contributed by atoms with Gasteiger partial charge in [0.15, 0.2) is 11.5 Å². The lowest BCUT2D eigenvalue weighted by molar-refractivity contribution is 0.0684. The highest BCUT2D eigenvalue weighted by atomic mass is 35.5. The lowest BCUT2D eigenvalue weighted by Gasteiger charge is -2.25. The van der Waals surface area contributed by atoms with Crippen LogP contribution in [0.1, 0.15) is 53.8 Å². The van der Waals surface area contributed by atoms with E-state index in [1.165, 1.54) is 19.3 Å². The van der Waals surface area contributed by atoms with E-state index < -0.39 is 5.97 Å². The maximum Gasteiger partial charge on any atom is 0.374 e. The first kappa shape index (κ1) is 26.9. The highest BCUT2D eigenvalue weighted by Gasteiger charge is 2.24. The second-order valence-corrected chi connectivity index (χ2v) is 10.4. The van der Waals surface area contributed by atoms with Gasteiger partial charge in [-0.2, -0.15) is 0 Å². The summed E-state index contributed by atoms with van der Waals surface area (Å²) in [4.78, 5) is 25.5. The number of imidazole rings is 1. The van der Waals surface area contributed by atoms with Gasteiger partial charge in [-0.15, -0.1) is 0 Å². The van der Waals surface area contributed by atoms with Crippen molar-refractivity contribution < 1.29 is 19.7 Å². The topological polar surface area (TPSA) is 122 Å². The number of hydrogen-bond donors (Lipinski definition) is 3. The van der Waals surface area contributed by atoms with Crippen LogP contribution < -0.4 is 10.1 Å². The molecule has 4 aromatic rings. The molecule has 3 N–H and O–H groups in total. The summed E-state index contributed by atoms with van der Waals surface area (Å²) in [7, 11) is 0. The predicted octanol–water partition coefficient (Wildman–Crippen LogP) is 5.56. The number of carbonyl (C=O) groups is 1. The van der Waals surface area contributed by atoms with Crippen molar-refractivity contribution in [3.63, 3.8) is 0 Å². The van der Waals surface area contributed by atoms with E-state index in [0.717, 1.165) is 23.1 Å². The van der Waals surface area contributed by atoms with Crippen LogP contribution in [-0.2, 0) is 6.54 Å². The van der Waals surface area contributed by atoms with Crippen LogP contribution in [0, 0.1) is 12.8 Å². The van der Waals surface area contributed by atoms with Crippen molar-refractivity contribution in [2.24, 2.45) is 5.92 Å². The first-order valence-corrected chi connectivity index (χ1v) is 13.7. The fraction of sp³-hybridized carbons (Fsp3) is 0.379. The van der Waals surface area contributed by atoms with Crippen LogP contribution in [-0.4, -0.2) is 55.5 Å². The molecule has 2 aromatic heterocycles. The maximum absolute atomic E-state index is 11.9. The molecule has 0 bridgehead atoms. The number of aliphatic hydroxyl groups is 1. The van der Waals surface area contributed by atoms with E-state index in [4.69, 9.17) is 21.3 Å². The first-order chi connectivity index (χ1) is 18.9. The van der Waals surface area contributed by atoms with E-state index in [0.29, 0.717) is 65.6 Å². The van der Waals surface area contributed by atoms with Crippen molar-refractivity contribution >= 4 is 34.6 Å². The zero-order chi connectivity index (χ0) is 27.4. The van der Waals surface area contributed by atoms with Crippen molar-refractivity contribution in [2.45, 2.75) is 45.6 Å². The number of ether oxygens (including phenoxy) is 1. The third kappa shape index (κ3) is 6.15. The molecule has 5 rings (SSSR count). The van der Waals surface area contributed by atoms with Gasteiger partial charge in [0, 0.05) is 31.1 Å². The van der Waals surface area contributed by atoms with E-state index >= 15 is 0 Å². The zero-order valence-electron chi connectivity index (χ0n) is 21.9. The molecule has 1 aliphatic carbocycles. The molecule has 0 atom stereocenters. The molecular formula is C29H32ClN5O4. The Balaban J connectivity index is 1.66. The minimum absolute atomic E-state index is 0.0275. The normalized spacial score (nSPS) is 13.4. The number of aliphatic hydroxyl groups excluding tert-OH is 1. The number of hydrogen-bond acceptors (Lipinski definition) is 7. The summed E-state index contributed by atoms with van der Waals surface area (Å²) in [5.41, 5.74) is 3.66. The number of aromatic carboxylic acids is 1. The number of carboxylic acid groups (broad SMARTS) is 1. The Morgan fingerprint density at radius 3 is 2.64 bits per heavy atom. The molecular weight excluding hydrogens is 518 g/mol. The number of carboxylic acids is 1. The van der Waals surface area contributed by atoms with Crippen LogP contribution in [0.25, 0.3) is 22.6 Å².